The Morgan fingerprint density at radius 1 is 1.42 bits per heavy atom. The van der Waals surface area contributed by atoms with Gasteiger partial charge in [-0.3, -0.25) is 14.9 Å². The number of halogens is 1. The molecule has 0 aliphatic rings. The zero-order chi connectivity index (χ0) is 17.9. The van der Waals surface area contributed by atoms with Crippen LogP contribution in [0, 0.1) is 10.1 Å². The van der Waals surface area contributed by atoms with Gasteiger partial charge >= 0.3 is 0 Å². The zero-order valence-electron chi connectivity index (χ0n) is 13.5. The average Bonchev–Trinajstić information content (AvgIpc) is 2.95. The van der Waals surface area contributed by atoms with Crippen LogP contribution in [0.15, 0.2) is 23.4 Å². The summed E-state index contributed by atoms with van der Waals surface area (Å²) < 4.78 is 1.96. The second-order valence-corrected chi connectivity index (χ2v) is 6.72. The van der Waals surface area contributed by atoms with Gasteiger partial charge in [0.25, 0.3) is 5.69 Å². The minimum atomic E-state index is -0.553. The van der Waals surface area contributed by atoms with Crippen LogP contribution >= 0.6 is 23.4 Å². The number of benzene rings is 1. The van der Waals surface area contributed by atoms with Crippen LogP contribution in [0.3, 0.4) is 0 Å². The first kappa shape index (κ1) is 18.4. The van der Waals surface area contributed by atoms with Gasteiger partial charge in [0.15, 0.2) is 10.9 Å². The van der Waals surface area contributed by atoms with Crippen LogP contribution < -0.4 is 0 Å². The van der Waals surface area contributed by atoms with Gasteiger partial charge in [-0.15, -0.1) is 10.2 Å². The molecule has 0 N–H and O–H groups in total. The molecule has 2 rings (SSSR count). The highest BCUT2D eigenvalue weighted by Crippen LogP contribution is 2.26. The lowest BCUT2D eigenvalue weighted by molar-refractivity contribution is -0.384. The van der Waals surface area contributed by atoms with E-state index >= 15 is 0 Å². The first-order chi connectivity index (χ1) is 11.3. The van der Waals surface area contributed by atoms with Crippen molar-refractivity contribution in [3.63, 3.8) is 0 Å². The lowest BCUT2D eigenvalue weighted by atomic mass is 10.1. The van der Waals surface area contributed by atoms with Crippen LogP contribution in [-0.4, -0.2) is 31.2 Å². The lowest BCUT2D eigenvalue weighted by Crippen LogP contribution is -2.08. The molecule has 128 valence electrons. The van der Waals surface area contributed by atoms with E-state index in [4.69, 9.17) is 11.6 Å². The molecule has 9 heteroatoms. The number of nitro benzene ring substituents is 1. The van der Waals surface area contributed by atoms with Crippen molar-refractivity contribution in [1.29, 1.82) is 0 Å². The molecule has 0 saturated carbocycles. The predicted molar refractivity (Wildman–Crippen MR) is 92.9 cm³/mol. The largest absolute Gasteiger partial charge is 0.306 e. The van der Waals surface area contributed by atoms with Crippen molar-refractivity contribution in [1.82, 2.24) is 14.8 Å². The van der Waals surface area contributed by atoms with E-state index in [2.05, 4.69) is 10.2 Å². The maximum Gasteiger partial charge on any atom is 0.270 e. The number of hydrogen-bond donors (Lipinski definition) is 0. The topological polar surface area (TPSA) is 90.9 Å². The smallest absolute Gasteiger partial charge is 0.270 e. The average molecular weight is 369 g/mol. The number of ketones is 1. The fourth-order valence-corrected chi connectivity index (χ4v) is 3.30. The molecule has 7 nitrogen and oxygen atoms in total. The highest BCUT2D eigenvalue weighted by Gasteiger charge is 2.19. The molecule has 0 unspecified atom stereocenters. The van der Waals surface area contributed by atoms with Gasteiger partial charge in [-0.1, -0.05) is 37.2 Å². The zero-order valence-corrected chi connectivity index (χ0v) is 15.1. The fraction of sp³-hybridized carbons (Fsp3) is 0.400. The summed E-state index contributed by atoms with van der Waals surface area (Å²) in [5, 5.41) is 20.0. The summed E-state index contributed by atoms with van der Waals surface area (Å²) in [4.78, 5) is 22.7. The Morgan fingerprint density at radius 3 is 2.71 bits per heavy atom. The van der Waals surface area contributed by atoms with Crippen LogP contribution in [0.5, 0.6) is 0 Å². The van der Waals surface area contributed by atoms with Gasteiger partial charge in [-0.2, -0.15) is 0 Å². The highest BCUT2D eigenvalue weighted by molar-refractivity contribution is 7.99. The van der Waals surface area contributed by atoms with E-state index in [0.717, 1.165) is 5.82 Å². The predicted octanol–water partition coefficient (Wildman–Crippen LogP) is 3.96. The number of carbonyl (C=O) groups is 1. The highest BCUT2D eigenvalue weighted by atomic mass is 35.5. The molecular formula is C15H17ClN4O3S. The maximum absolute atomic E-state index is 12.4. The number of hydrogen-bond acceptors (Lipinski definition) is 6. The fourth-order valence-electron chi connectivity index (χ4n) is 2.18. The first-order valence-electron chi connectivity index (χ1n) is 7.38. The molecular weight excluding hydrogens is 352 g/mol. The van der Waals surface area contributed by atoms with Crippen molar-refractivity contribution in [2.45, 2.75) is 38.4 Å². The number of non-ortho nitro benzene ring substituents is 1. The minimum absolute atomic E-state index is 0.0805. The molecule has 1 heterocycles. The van der Waals surface area contributed by atoms with E-state index in [1.54, 1.807) is 0 Å². The van der Waals surface area contributed by atoms with Crippen LogP contribution in [0.4, 0.5) is 5.69 Å². The van der Waals surface area contributed by atoms with E-state index < -0.39 is 4.92 Å². The summed E-state index contributed by atoms with van der Waals surface area (Å²) in [6.07, 6.45) is 0. The Kier molecular flexibility index (Phi) is 5.95. The van der Waals surface area contributed by atoms with Gasteiger partial charge in [0.2, 0.25) is 0 Å². The third-order valence-electron chi connectivity index (χ3n) is 3.37. The SMILES string of the molecule is CCn1c(SCC(=O)c2cc([N+](=O)[O-])ccc2Cl)nnc1C(C)C. The molecule has 0 bridgehead atoms. The summed E-state index contributed by atoms with van der Waals surface area (Å²) in [6, 6.07) is 3.84. The van der Waals surface area contributed by atoms with Crippen LogP contribution in [0.25, 0.3) is 0 Å². The molecule has 0 radical (unpaired) electrons. The number of carbonyl (C=O) groups excluding carboxylic acids is 1. The molecule has 0 fully saturated rings. The van der Waals surface area contributed by atoms with Crippen molar-refractivity contribution in [2.75, 3.05) is 5.75 Å². The second kappa shape index (κ2) is 7.76. The van der Waals surface area contributed by atoms with Gasteiger partial charge in [0.1, 0.15) is 5.82 Å². The molecule has 24 heavy (non-hydrogen) atoms. The number of nitro groups is 1. The molecule has 1 aromatic carbocycles. The second-order valence-electron chi connectivity index (χ2n) is 5.37. The standard InChI is InChI=1S/C15H17ClN4O3S/c1-4-19-14(9(2)3)17-18-15(19)24-8-13(21)11-7-10(20(22)23)5-6-12(11)16/h5-7,9H,4,8H2,1-3H3. The molecule has 0 spiro atoms. The quantitative estimate of drug-likeness (QED) is 0.318. The molecule has 1 aromatic heterocycles. The van der Waals surface area contributed by atoms with Gasteiger partial charge in [0.05, 0.1) is 15.7 Å². The van der Waals surface area contributed by atoms with E-state index in [1.807, 2.05) is 25.3 Å². The van der Waals surface area contributed by atoms with Crippen LogP contribution in [-0.2, 0) is 6.54 Å². The Morgan fingerprint density at radius 2 is 2.12 bits per heavy atom. The van der Waals surface area contributed by atoms with Gasteiger partial charge in [0, 0.05) is 30.2 Å². The molecule has 0 atom stereocenters. The van der Waals surface area contributed by atoms with Crippen LogP contribution in [0.1, 0.15) is 42.9 Å². The molecule has 0 aliphatic carbocycles. The maximum atomic E-state index is 12.4. The Bertz CT molecular complexity index is 776. The first-order valence-corrected chi connectivity index (χ1v) is 8.74. The lowest BCUT2D eigenvalue weighted by Gasteiger charge is -2.09. The van der Waals surface area contributed by atoms with Gasteiger partial charge < -0.3 is 4.57 Å². The van der Waals surface area contributed by atoms with Crippen molar-refractivity contribution >= 4 is 34.8 Å². The minimum Gasteiger partial charge on any atom is -0.306 e. The van der Waals surface area contributed by atoms with Crippen molar-refractivity contribution < 1.29 is 9.72 Å². The number of rotatable bonds is 7. The number of aromatic nitrogens is 3. The van der Waals surface area contributed by atoms with E-state index in [1.165, 1.54) is 30.0 Å². The molecule has 2 aromatic rings. The molecule has 0 saturated heterocycles. The third-order valence-corrected chi connectivity index (χ3v) is 4.67. The van der Waals surface area contributed by atoms with Gasteiger partial charge in [-0.25, -0.2) is 0 Å². The number of thioether (sulfide) groups is 1. The normalized spacial score (nSPS) is 11.0. The third kappa shape index (κ3) is 3.93. The Labute approximate surface area is 148 Å². The number of nitrogens with zero attached hydrogens (tertiary/aromatic N) is 4. The van der Waals surface area contributed by atoms with Crippen LogP contribution in [0.2, 0.25) is 5.02 Å². The van der Waals surface area contributed by atoms with Crippen molar-refractivity contribution in [3.8, 4) is 0 Å². The summed E-state index contributed by atoms with van der Waals surface area (Å²) in [5.74, 6) is 0.886. The number of Topliss-reactive ketones (excluding diaryl/α,β-unsaturated/α-hetero) is 1. The monoisotopic (exact) mass is 368 g/mol. The van der Waals surface area contributed by atoms with E-state index in [-0.39, 0.29) is 33.7 Å². The van der Waals surface area contributed by atoms with E-state index in [9.17, 15) is 14.9 Å². The summed E-state index contributed by atoms with van der Waals surface area (Å²) in [5.41, 5.74) is -0.0171. The summed E-state index contributed by atoms with van der Waals surface area (Å²) >= 11 is 7.24. The van der Waals surface area contributed by atoms with E-state index in [0.29, 0.717) is 11.7 Å². The Balaban J connectivity index is 2.17. The van der Waals surface area contributed by atoms with Crippen molar-refractivity contribution in [3.05, 3.63) is 44.7 Å². The molecule has 0 amide bonds. The van der Waals surface area contributed by atoms with Crippen molar-refractivity contribution in [2.24, 2.45) is 0 Å². The van der Waals surface area contributed by atoms with Gasteiger partial charge in [-0.05, 0) is 13.0 Å². The summed E-state index contributed by atoms with van der Waals surface area (Å²) in [6.45, 7) is 6.74. The molecule has 0 aliphatic heterocycles. The Hall–Kier alpha value is -1.93. The summed E-state index contributed by atoms with van der Waals surface area (Å²) in [7, 11) is 0.